The smallest absolute Gasteiger partial charge is 0.339 e. The molecule has 0 amide bonds. The number of halogens is 1. The second kappa shape index (κ2) is 9.47. The molecular formula is C24H28ClNO3. The Morgan fingerprint density at radius 3 is 2.38 bits per heavy atom. The molecule has 2 heterocycles. The van der Waals surface area contributed by atoms with E-state index in [1.807, 2.05) is 60.7 Å². The Balaban J connectivity index is 0.00000240. The largest absolute Gasteiger partial charge is 1.00 e. The third kappa shape index (κ3) is 4.82. The van der Waals surface area contributed by atoms with E-state index in [4.69, 9.17) is 9.47 Å². The second-order valence-corrected chi connectivity index (χ2v) is 7.91. The van der Waals surface area contributed by atoms with E-state index < -0.39 is 0 Å². The fourth-order valence-electron chi connectivity index (χ4n) is 4.61. The van der Waals surface area contributed by atoms with Crippen molar-refractivity contribution in [2.24, 2.45) is 0 Å². The average molecular weight is 414 g/mol. The first-order valence-corrected chi connectivity index (χ1v) is 10.1. The first-order valence-electron chi connectivity index (χ1n) is 10.1. The molecule has 0 radical (unpaired) electrons. The van der Waals surface area contributed by atoms with Gasteiger partial charge in [0.2, 0.25) is 0 Å². The summed E-state index contributed by atoms with van der Waals surface area (Å²) in [6, 6.07) is 18.7. The summed E-state index contributed by atoms with van der Waals surface area (Å²) in [4.78, 5) is 14.8. The summed E-state index contributed by atoms with van der Waals surface area (Å²) in [6.07, 6.45) is 6.33. The zero-order valence-electron chi connectivity index (χ0n) is 16.9. The summed E-state index contributed by atoms with van der Waals surface area (Å²) in [5, 5.41) is 0. The molecular weight excluding hydrogens is 386 g/mol. The number of piperidine rings is 1. The van der Waals surface area contributed by atoms with Crippen LogP contribution in [-0.4, -0.2) is 38.3 Å². The number of carbonyl (C=O) groups is 1. The van der Waals surface area contributed by atoms with Crippen molar-refractivity contribution in [1.82, 2.24) is 0 Å². The third-order valence-corrected chi connectivity index (χ3v) is 6.23. The number of methoxy groups -OCH3 is 1. The number of ether oxygens (including phenoxy) is 2. The molecule has 0 aliphatic carbocycles. The zero-order valence-corrected chi connectivity index (χ0v) is 17.7. The predicted molar refractivity (Wildman–Crippen MR) is 110 cm³/mol. The van der Waals surface area contributed by atoms with Gasteiger partial charge in [0, 0.05) is 25.7 Å². The summed E-state index contributed by atoms with van der Waals surface area (Å²) in [5.74, 6) is 0.478. The number of quaternary nitrogens is 1. The minimum atomic E-state index is -0.249. The van der Waals surface area contributed by atoms with E-state index >= 15 is 0 Å². The van der Waals surface area contributed by atoms with E-state index in [1.165, 1.54) is 12.8 Å². The van der Waals surface area contributed by atoms with Gasteiger partial charge in [0.25, 0.3) is 0 Å². The SMILES string of the molecule is COc1cccc(/C(=C\c2ccccc2)C(=O)OC2CC3CCC(C2)[NH+]3C)c1.[Cl-]. The topological polar surface area (TPSA) is 40.0 Å². The van der Waals surface area contributed by atoms with Crippen LogP contribution < -0.4 is 22.0 Å². The third-order valence-electron chi connectivity index (χ3n) is 6.23. The second-order valence-electron chi connectivity index (χ2n) is 7.91. The lowest BCUT2D eigenvalue weighted by molar-refractivity contribution is -0.923. The molecule has 0 saturated carbocycles. The number of hydrogen-bond acceptors (Lipinski definition) is 3. The van der Waals surface area contributed by atoms with E-state index in [1.54, 1.807) is 12.0 Å². The number of carbonyl (C=O) groups excluding carboxylic acids is 1. The lowest BCUT2D eigenvalue weighted by Gasteiger charge is -2.33. The Labute approximate surface area is 178 Å². The minimum absolute atomic E-state index is 0. The summed E-state index contributed by atoms with van der Waals surface area (Å²) < 4.78 is 11.4. The normalized spacial score (nSPS) is 25.8. The molecule has 2 bridgehead atoms. The van der Waals surface area contributed by atoms with Gasteiger partial charge in [-0.05, 0) is 29.3 Å². The van der Waals surface area contributed by atoms with Crippen LogP contribution in [0.2, 0.25) is 0 Å². The van der Waals surface area contributed by atoms with Crippen LogP contribution in [-0.2, 0) is 9.53 Å². The quantitative estimate of drug-likeness (QED) is 0.426. The molecule has 2 unspecified atom stereocenters. The van der Waals surface area contributed by atoms with Crippen molar-refractivity contribution in [2.45, 2.75) is 43.9 Å². The van der Waals surface area contributed by atoms with Crippen LogP contribution in [0, 0.1) is 0 Å². The predicted octanol–water partition coefficient (Wildman–Crippen LogP) is -0.00890. The van der Waals surface area contributed by atoms with Gasteiger partial charge >= 0.3 is 5.97 Å². The lowest BCUT2D eigenvalue weighted by atomic mass is 9.99. The molecule has 4 nitrogen and oxygen atoms in total. The van der Waals surface area contributed by atoms with Crippen LogP contribution in [0.3, 0.4) is 0 Å². The van der Waals surface area contributed by atoms with Gasteiger partial charge in [0.15, 0.2) is 0 Å². The number of benzene rings is 2. The first-order chi connectivity index (χ1) is 13.6. The average Bonchev–Trinajstić information content (AvgIpc) is 2.93. The highest BCUT2D eigenvalue weighted by molar-refractivity contribution is 6.21. The maximum Gasteiger partial charge on any atom is 0.339 e. The van der Waals surface area contributed by atoms with Crippen molar-refractivity contribution in [2.75, 3.05) is 14.2 Å². The molecule has 0 aromatic heterocycles. The lowest BCUT2D eigenvalue weighted by Crippen LogP contribution is -3.15. The van der Waals surface area contributed by atoms with Crippen molar-refractivity contribution in [1.29, 1.82) is 0 Å². The molecule has 4 rings (SSSR count). The molecule has 2 fully saturated rings. The molecule has 0 spiro atoms. The van der Waals surface area contributed by atoms with Gasteiger partial charge in [0.1, 0.15) is 11.9 Å². The number of hydrogen-bond donors (Lipinski definition) is 1. The van der Waals surface area contributed by atoms with E-state index in [9.17, 15) is 4.79 Å². The molecule has 2 atom stereocenters. The Morgan fingerprint density at radius 1 is 1.03 bits per heavy atom. The molecule has 2 aromatic rings. The summed E-state index contributed by atoms with van der Waals surface area (Å²) in [7, 11) is 3.91. The zero-order chi connectivity index (χ0) is 19.5. The van der Waals surface area contributed by atoms with Gasteiger partial charge < -0.3 is 26.8 Å². The number of rotatable bonds is 5. The first kappa shape index (κ1) is 21.4. The highest BCUT2D eigenvalue weighted by atomic mass is 35.5. The summed E-state index contributed by atoms with van der Waals surface area (Å²) >= 11 is 0. The number of esters is 1. The van der Waals surface area contributed by atoms with E-state index in [0.717, 1.165) is 29.7 Å². The van der Waals surface area contributed by atoms with Crippen LogP contribution in [0.25, 0.3) is 11.6 Å². The van der Waals surface area contributed by atoms with Crippen molar-refractivity contribution >= 4 is 17.6 Å². The Hall–Kier alpha value is -2.30. The molecule has 29 heavy (non-hydrogen) atoms. The molecule has 1 N–H and O–H groups in total. The van der Waals surface area contributed by atoms with Gasteiger partial charge in [-0.15, -0.1) is 0 Å². The number of fused-ring (bicyclic) bond motifs is 2. The Kier molecular flexibility index (Phi) is 6.99. The molecule has 2 saturated heterocycles. The van der Waals surface area contributed by atoms with E-state index in [0.29, 0.717) is 17.7 Å². The summed E-state index contributed by atoms with van der Waals surface area (Å²) in [5.41, 5.74) is 2.36. The Bertz CT molecular complexity index is 853. The highest BCUT2D eigenvalue weighted by Gasteiger charge is 2.43. The van der Waals surface area contributed by atoms with Crippen molar-refractivity contribution in [3.05, 3.63) is 65.7 Å². The van der Waals surface area contributed by atoms with Crippen LogP contribution >= 0.6 is 0 Å². The van der Waals surface area contributed by atoms with Gasteiger partial charge in [0.05, 0.1) is 31.8 Å². The van der Waals surface area contributed by atoms with Crippen LogP contribution in [0.1, 0.15) is 36.8 Å². The Morgan fingerprint density at radius 2 is 1.72 bits per heavy atom. The molecule has 2 aliphatic rings. The summed E-state index contributed by atoms with van der Waals surface area (Å²) in [6.45, 7) is 0. The van der Waals surface area contributed by atoms with Crippen molar-refractivity contribution in [3.8, 4) is 5.75 Å². The standard InChI is InChI=1S/C24H27NO3.ClH/c1-25-19-11-12-20(25)16-22(15-19)28-24(26)23(13-17-7-4-3-5-8-17)18-9-6-10-21(14-18)27-2;/h3-10,13-14,19-20,22H,11-12,15-16H2,1-2H3;1H/b23-13+;. The van der Waals surface area contributed by atoms with E-state index in [2.05, 4.69) is 7.05 Å². The van der Waals surface area contributed by atoms with Crippen LogP contribution in [0.4, 0.5) is 0 Å². The highest BCUT2D eigenvalue weighted by Crippen LogP contribution is 2.28. The van der Waals surface area contributed by atoms with Crippen molar-refractivity contribution in [3.63, 3.8) is 0 Å². The molecule has 154 valence electrons. The van der Waals surface area contributed by atoms with Gasteiger partial charge in [-0.2, -0.15) is 0 Å². The van der Waals surface area contributed by atoms with Gasteiger partial charge in [-0.25, -0.2) is 4.79 Å². The molecule has 2 aromatic carbocycles. The van der Waals surface area contributed by atoms with Gasteiger partial charge in [-0.1, -0.05) is 42.5 Å². The maximum absolute atomic E-state index is 13.2. The van der Waals surface area contributed by atoms with Gasteiger partial charge in [-0.3, -0.25) is 0 Å². The fraction of sp³-hybridized carbons (Fsp3) is 0.375. The van der Waals surface area contributed by atoms with E-state index in [-0.39, 0.29) is 24.5 Å². The molecule has 2 aliphatic heterocycles. The van der Waals surface area contributed by atoms with Crippen LogP contribution in [0.15, 0.2) is 54.6 Å². The molecule has 5 heteroatoms. The van der Waals surface area contributed by atoms with Crippen LogP contribution in [0.5, 0.6) is 5.75 Å². The number of nitrogens with one attached hydrogen (secondary N) is 1. The van der Waals surface area contributed by atoms with Crippen molar-refractivity contribution < 1.29 is 31.6 Å². The monoisotopic (exact) mass is 413 g/mol. The fourth-order valence-corrected chi connectivity index (χ4v) is 4.61. The maximum atomic E-state index is 13.2. The minimum Gasteiger partial charge on any atom is -1.00 e.